The van der Waals surface area contributed by atoms with Crippen LogP contribution in [0.5, 0.6) is 0 Å². The van der Waals surface area contributed by atoms with E-state index in [-0.39, 0.29) is 5.91 Å². The van der Waals surface area contributed by atoms with Crippen molar-refractivity contribution in [3.63, 3.8) is 0 Å². The van der Waals surface area contributed by atoms with E-state index in [0.29, 0.717) is 22.3 Å². The lowest BCUT2D eigenvalue weighted by Crippen LogP contribution is -2.36. The number of fused-ring (bicyclic) bond motifs is 1. The molecule has 2 aromatic carbocycles. The maximum atomic E-state index is 11.6. The zero-order valence-corrected chi connectivity index (χ0v) is 22.8. The minimum atomic E-state index is -0.119. The van der Waals surface area contributed by atoms with Crippen LogP contribution < -0.4 is 15.5 Å². The predicted molar refractivity (Wildman–Crippen MR) is 153 cm³/mol. The van der Waals surface area contributed by atoms with Crippen LogP contribution in [0.25, 0.3) is 10.9 Å². The number of benzene rings is 2. The first-order valence-electron chi connectivity index (χ1n) is 13.2. The molecule has 0 aliphatic carbocycles. The summed E-state index contributed by atoms with van der Waals surface area (Å²) in [7, 11) is 0. The summed E-state index contributed by atoms with van der Waals surface area (Å²) in [5.41, 5.74) is 2.47. The lowest BCUT2D eigenvalue weighted by Gasteiger charge is -2.33. The van der Waals surface area contributed by atoms with Gasteiger partial charge in [0.25, 0.3) is 0 Å². The van der Waals surface area contributed by atoms with Gasteiger partial charge in [-0.2, -0.15) is 4.98 Å². The van der Waals surface area contributed by atoms with Gasteiger partial charge in [-0.3, -0.25) is 4.79 Å². The van der Waals surface area contributed by atoms with Crippen molar-refractivity contribution in [1.82, 2.24) is 14.9 Å². The largest absolute Gasteiger partial charge is 0.365 e. The molecule has 0 atom stereocenters. The van der Waals surface area contributed by atoms with E-state index in [2.05, 4.69) is 20.4 Å². The second-order valence-corrected chi connectivity index (χ2v) is 11.0. The Bertz CT molecular complexity index is 1250. The Morgan fingerprint density at radius 3 is 2.54 bits per heavy atom. The highest BCUT2D eigenvalue weighted by molar-refractivity contribution is 6.35. The maximum absolute atomic E-state index is 11.6. The first-order valence-corrected chi connectivity index (χ1v) is 13.9. The first-order chi connectivity index (χ1) is 17.9. The number of hydrogen-bond donors (Lipinski definition) is 2. The number of nitrogens with zero attached hydrogens (tertiary/aromatic N) is 4. The fourth-order valence-electron chi connectivity index (χ4n) is 5.31. The van der Waals surface area contributed by atoms with Gasteiger partial charge >= 0.3 is 0 Å². The minimum Gasteiger partial charge on any atom is -0.365 e. The van der Waals surface area contributed by atoms with Crippen LogP contribution >= 0.6 is 23.2 Å². The fraction of sp³-hybridized carbons (Fsp3) is 0.464. The number of carbonyl (C=O) groups excluding carboxylic acids is 1. The molecule has 9 heteroatoms. The van der Waals surface area contributed by atoms with E-state index >= 15 is 0 Å². The number of carbonyl (C=O) groups is 1. The number of amides is 1. The van der Waals surface area contributed by atoms with Crippen molar-refractivity contribution < 1.29 is 4.79 Å². The number of likely N-dealkylation sites (tertiary alicyclic amines) is 1. The van der Waals surface area contributed by atoms with Crippen LogP contribution in [0.1, 0.15) is 44.6 Å². The fourth-order valence-corrected chi connectivity index (χ4v) is 5.79. The van der Waals surface area contributed by atoms with Gasteiger partial charge < -0.3 is 20.4 Å². The molecule has 196 valence electrons. The SMILES string of the molecule is CC(=O)Nc1ccc2nc(N3CCC(CCN4CCCC4)CC3)nc(NCc3ccc(Cl)cc3Cl)c2c1. The summed E-state index contributed by atoms with van der Waals surface area (Å²) in [6, 6.07) is 11.2. The van der Waals surface area contributed by atoms with E-state index < -0.39 is 0 Å². The van der Waals surface area contributed by atoms with Gasteiger partial charge in [-0.1, -0.05) is 29.3 Å². The molecule has 0 spiro atoms. The molecule has 2 N–H and O–H groups in total. The molecule has 2 fully saturated rings. The monoisotopic (exact) mass is 540 g/mol. The normalized spacial score (nSPS) is 16.9. The molecule has 1 amide bonds. The van der Waals surface area contributed by atoms with Crippen LogP contribution in [-0.4, -0.2) is 53.5 Å². The van der Waals surface area contributed by atoms with Gasteiger partial charge in [0, 0.05) is 47.7 Å². The van der Waals surface area contributed by atoms with Crippen molar-refractivity contribution in [2.45, 2.75) is 45.6 Å². The number of nitrogens with one attached hydrogen (secondary N) is 2. The Morgan fingerprint density at radius 1 is 1.03 bits per heavy atom. The smallest absolute Gasteiger partial charge is 0.227 e. The number of hydrogen-bond acceptors (Lipinski definition) is 6. The van der Waals surface area contributed by atoms with Crippen molar-refractivity contribution in [2.75, 3.05) is 48.3 Å². The van der Waals surface area contributed by atoms with Crippen LogP contribution in [0.2, 0.25) is 10.0 Å². The van der Waals surface area contributed by atoms with Crippen LogP contribution in [0.4, 0.5) is 17.5 Å². The highest BCUT2D eigenvalue weighted by Crippen LogP contribution is 2.30. The van der Waals surface area contributed by atoms with E-state index in [0.717, 1.165) is 47.2 Å². The number of halogens is 2. The summed E-state index contributed by atoms with van der Waals surface area (Å²) in [4.78, 5) is 26.4. The molecule has 3 aromatic rings. The van der Waals surface area contributed by atoms with Crippen LogP contribution in [0.3, 0.4) is 0 Å². The van der Waals surface area contributed by atoms with E-state index in [1.54, 1.807) is 6.07 Å². The first kappa shape index (κ1) is 26.0. The molecule has 1 aromatic heterocycles. The maximum Gasteiger partial charge on any atom is 0.227 e. The standard InChI is InChI=1S/C28H34Cl2N6O/c1-19(37)32-23-6-7-26-24(17-23)27(31-18-21-4-5-22(29)16-25(21)30)34-28(33-26)36-14-9-20(10-15-36)8-13-35-11-2-3-12-35/h4-7,16-17,20H,2-3,8-15,18H2,1H3,(H,32,37)(H,31,33,34). The molecule has 0 saturated carbocycles. The third-order valence-corrected chi connectivity index (χ3v) is 8.00. The molecule has 5 rings (SSSR count). The highest BCUT2D eigenvalue weighted by Gasteiger charge is 2.23. The Kier molecular flexibility index (Phi) is 8.33. The van der Waals surface area contributed by atoms with Crippen LogP contribution in [0.15, 0.2) is 36.4 Å². The topological polar surface area (TPSA) is 73.4 Å². The zero-order valence-electron chi connectivity index (χ0n) is 21.3. The van der Waals surface area contributed by atoms with E-state index in [1.165, 1.54) is 58.7 Å². The Labute approximate surface area is 228 Å². The van der Waals surface area contributed by atoms with Crippen molar-refractivity contribution in [3.05, 3.63) is 52.0 Å². The molecule has 0 bridgehead atoms. The zero-order chi connectivity index (χ0) is 25.8. The number of rotatable bonds is 8. The van der Waals surface area contributed by atoms with Crippen molar-refractivity contribution in [1.29, 1.82) is 0 Å². The summed E-state index contributed by atoms with van der Waals surface area (Å²) in [6.45, 7) is 7.68. The lowest BCUT2D eigenvalue weighted by molar-refractivity contribution is -0.114. The summed E-state index contributed by atoms with van der Waals surface area (Å²) in [5, 5.41) is 8.37. The summed E-state index contributed by atoms with van der Waals surface area (Å²) >= 11 is 12.5. The van der Waals surface area contributed by atoms with Crippen molar-refractivity contribution >= 4 is 57.5 Å². The van der Waals surface area contributed by atoms with Crippen molar-refractivity contribution in [3.8, 4) is 0 Å². The second-order valence-electron chi connectivity index (χ2n) is 10.1. The molecule has 2 aliphatic rings. The Morgan fingerprint density at radius 2 is 1.81 bits per heavy atom. The molecule has 37 heavy (non-hydrogen) atoms. The minimum absolute atomic E-state index is 0.119. The van der Waals surface area contributed by atoms with Gasteiger partial charge in [-0.15, -0.1) is 0 Å². The molecule has 0 unspecified atom stereocenters. The lowest BCUT2D eigenvalue weighted by atomic mass is 9.93. The molecule has 3 heterocycles. The third kappa shape index (κ3) is 6.64. The molecule has 2 aliphatic heterocycles. The van der Waals surface area contributed by atoms with Crippen LogP contribution in [0, 0.1) is 5.92 Å². The molecule has 7 nitrogen and oxygen atoms in total. The molecular weight excluding hydrogens is 507 g/mol. The van der Waals surface area contributed by atoms with Gasteiger partial charge in [-0.25, -0.2) is 4.98 Å². The van der Waals surface area contributed by atoms with E-state index in [1.807, 2.05) is 30.3 Å². The average Bonchev–Trinajstić information content (AvgIpc) is 3.41. The third-order valence-electron chi connectivity index (χ3n) is 7.42. The van der Waals surface area contributed by atoms with Crippen LogP contribution in [-0.2, 0) is 11.3 Å². The summed E-state index contributed by atoms with van der Waals surface area (Å²) < 4.78 is 0. The van der Waals surface area contributed by atoms with E-state index in [9.17, 15) is 4.79 Å². The highest BCUT2D eigenvalue weighted by atomic mass is 35.5. The summed E-state index contributed by atoms with van der Waals surface area (Å²) in [6.07, 6.45) is 6.32. The number of piperidine rings is 1. The Balaban J connectivity index is 1.34. The number of anilines is 3. The quantitative estimate of drug-likeness (QED) is 0.353. The molecule has 0 radical (unpaired) electrons. The molecular formula is C28H34Cl2N6O. The predicted octanol–water partition coefficient (Wildman–Crippen LogP) is 6.21. The Hall–Kier alpha value is -2.61. The molecule has 2 saturated heterocycles. The van der Waals surface area contributed by atoms with Gasteiger partial charge in [0.2, 0.25) is 11.9 Å². The van der Waals surface area contributed by atoms with Gasteiger partial charge in [-0.05, 0) is 93.6 Å². The average molecular weight is 542 g/mol. The summed E-state index contributed by atoms with van der Waals surface area (Å²) in [5.74, 6) is 2.10. The van der Waals surface area contributed by atoms with Gasteiger partial charge in [0.1, 0.15) is 5.82 Å². The number of aromatic nitrogens is 2. The van der Waals surface area contributed by atoms with Gasteiger partial charge in [0.15, 0.2) is 0 Å². The van der Waals surface area contributed by atoms with Crippen molar-refractivity contribution in [2.24, 2.45) is 5.92 Å². The van der Waals surface area contributed by atoms with Gasteiger partial charge in [0.05, 0.1) is 5.52 Å². The van der Waals surface area contributed by atoms with E-state index in [4.69, 9.17) is 33.2 Å². The second kappa shape index (κ2) is 11.8.